The smallest absolute Gasteiger partial charge is 0.325 e. The monoisotopic (exact) mass is 283 g/mol. The molecule has 0 aromatic carbocycles. The summed E-state index contributed by atoms with van der Waals surface area (Å²) in [5, 5.41) is 7.90. The van der Waals surface area contributed by atoms with Crippen molar-refractivity contribution in [1.82, 2.24) is 10.2 Å². The van der Waals surface area contributed by atoms with Gasteiger partial charge < -0.3 is 4.42 Å². The Labute approximate surface area is 115 Å². The summed E-state index contributed by atoms with van der Waals surface area (Å²) in [5.41, 5.74) is 0. The Morgan fingerprint density at radius 3 is 3.00 bits per heavy atom. The molecule has 0 aliphatic carbocycles. The fraction of sp³-hybridized carbons (Fsp3) is 0.667. The van der Waals surface area contributed by atoms with E-state index in [4.69, 9.17) is 4.42 Å². The van der Waals surface area contributed by atoms with E-state index >= 15 is 0 Å². The number of aryl methyl sites for hydroxylation is 1. The minimum atomic E-state index is -0.0131. The fourth-order valence-electron chi connectivity index (χ4n) is 1.98. The Hall–Kier alpha value is -1.37. The number of aromatic nitrogens is 2. The number of rotatable bonds is 5. The number of thioether (sulfide) groups is 1. The maximum Gasteiger partial charge on any atom is 0.325 e. The average molecular weight is 283 g/mol. The maximum absolute atomic E-state index is 11.9. The lowest BCUT2D eigenvalue weighted by molar-refractivity contribution is -0.117. The van der Waals surface area contributed by atoms with E-state index in [1.807, 2.05) is 6.92 Å². The summed E-state index contributed by atoms with van der Waals surface area (Å²) in [6.07, 6.45) is 2.08. The molecule has 1 saturated heterocycles. The Morgan fingerprint density at radius 1 is 1.53 bits per heavy atom. The minimum Gasteiger partial charge on any atom is -0.408 e. The first kappa shape index (κ1) is 14.0. The lowest BCUT2D eigenvalue weighted by Gasteiger charge is -2.10. The molecule has 0 saturated carbocycles. The van der Waals surface area contributed by atoms with Gasteiger partial charge in [-0.2, -0.15) is 0 Å². The van der Waals surface area contributed by atoms with Gasteiger partial charge in [-0.3, -0.25) is 14.5 Å². The first-order chi connectivity index (χ1) is 9.10. The first-order valence-electron chi connectivity index (χ1n) is 6.36. The quantitative estimate of drug-likeness (QED) is 0.818. The molecule has 0 spiro atoms. The Kier molecular flexibility index (Phi) is 4.57. The van der Waals surface area contributed by atoms with E-state index in [-0.39, 0.29) is 23.0 Å². The second-order valence-corrected chi connectivity index (χ2v) is 5.80. The Bertz CT molecular complexity index is 475. The predicted molar refractivity (Wildman–Crippen MR) is 71.9 cm³/mol. The number of amides is 1. The molecule has 1 unspecified atom stereocenters. The van der Waals surface area contributed by atoms with Crippen molar-refractivity contribution in [3.05, 3.63) is 5.89 Å². The van der Waals surface area contributed by atoms with Gasteiger partial charge in [-0.05, 0) is 12.3 Å². The number of hydrogen-bond donors (Lipinski definition) is 0. The third-order valence-corrected chi connectivity index (χ3v) is 3.92. The van der Waals surface area contributed by atoms with Gasteiger partial charge in [-0.25, -0.2) is 0 Å². The highest BCUT2D eigenvalue weighted by atomic mass is 32.2. The molecule has 0 radical (unpaired) electrons. The van der Waals surface area contributed by atoms with Crippen LogP contribution in [0.25, 0.3) is 0 Å². The van der Waals surface area contributed by atoms with Gasteiger partial charge in [0.1, 0.15) is 0 Å². The van der Waals surface area contributed by atoms with Crippen LogP contribution in [0.3, 0.4) is 0 Å². The lowest BCUT2D eigenvalue weighted by atomic mass is 10.1. The van der Waals surface area contributed by atoms with Gasteiger partial charge in [0, 0.05) is 32.1 Å². The number of anilines is 1. The topological polar surface area (TPSA) is 76.3 Å². The Balaban J connectivity index is 1.96. The SMILES string of the molecule is CCCc1nnc(N2CC(CSC(C)=O)CC2=O)o1. The summed E-state index contributed by atoms with van der Waals surface area (Å²) in [6, 6.07) is 0.281. The number of carbonyl (C=O) groups is 2. The molecule has 19 heavy (non-hydrogen) atoms. The molecule has 2 heterocycles. The summed E-state index contributed by atoms with van der Waals surface area (Å²) in [7, 11) is 0. The maximum atomic E-state index is 11.9. The minimum absolute atomic E-state index is 0.0131. The van der Waals surface area contributed by atoms with Gasteiger partial charge in [0.2, 0.25) is 11.8 Å². The molecule has 1 amide bonds. The molecule has 1 aromatic heterocycles. The third-order valence-electron chi connectivity index (χ3n) is 2.88. The van der Waals surface area contributed by atoms with Crippen LogP contribution >= 0.6 is 11.8 Å². The molecule has 1 atom stereocenters. The second kappa shape index (κ2) is 6.18. The molecule has 1 aromatic rings. The van der Waals surface area contributed by atoms with Gasteiger partial charge >= 0.3 is 6.01 Å². The zero-order valence-electron chi connectivity index (χ0n) is 11.1. The van der Waals surface area contributed by atoms with E-state index < -0.39 is 0 Å². The van der Waals surface area contributed by atoms with E-state index in [1.165, 1.54) is 23.6 Å². The third kappa shape index (κ3) is 3.56. The van der Waals surface area contributed by atoms with Gasteiger partial charge in [-0.15, -0.1) is 5.10 Å². The van der Waals surface area contributed by atoms with Crippen LogP contribution in [0.15, 0.2) is 4.42 Å². The van der Waals surface area contributed by atoms with E-state index in [1.54, 1.807) is 0 Å². The summed E-state index contributed by atoms with van der Waals surface area (Å²) < 4.78 is 5.46. The van der Waals surface area contributed by atoms with Gasteiger partial charge in [0.25, 0.3) is 0 Å². The van der Waals surface area contributed by atoms with Gasteiger partial charge in [0.15, 0.2) is 5.12 Å². The van der Waals surface area contributed by atoms with Crippen molar-refractivity contribution >= 4 is 28.8 Å². The van der Waals surface area contributed by atoms with Crippen molar-refractivity contribution in [2.45, 2.75) is 33.1 Å². The zero-order chi connectivity index (χ0) is 13.8. The summed E-state index contributed by atoms with van der Waals surface area (Å²) in [4.78, 5) is 24.4. The van der Waals surface area contributed by atoms with Crippen LogP contribution in [-0.4, -0.2) is 33.5 Å². The largest absolute Gasteiger partial charge is 0.408 e. The van der Waals surface area contributed by atoms with Gasteiger partial charge in [-0.1, -0.05) is 23.8 Å². The highest BCUT2D eigenvalue weighted by Crippen LogP contribution is 2.26. The van der Waals surface area contributed by atoms with Crippen molar-refractivity contribution in [2.24, 2.45) is 5.92 Å². The normalized spacial score (nSPS) is 19.2. The van der Waals surface area contributed by atoms with Crippen LogP contribution in [0, 0.1) is 5.92 Å². The van der Waals surface area contributed by atoms with Crippen LogP contribution in [0.2, 0.25) is 0 Å². The van der Waals surface area contributed by atoms with Crippen LogP contribution in [-0.2, 0) is 16.0 Å². The van der Waals surface area contributed by atoms with Gasteiger partial charge in [0.05, 0.1) is 0 Å². The molecule has 2 rings (SSSR count). The van der Waals surface area contributed by atoms with E-state index in [2.05, 4.69) is 10.2 Å². The van der Waals surface area contributed by atoms with Crippen LogP contribution < -0.4 is 4.90 Å². The zero-order valence-corrected chi connectivity index (χ0v) is 11.9. The molecule has 7 heteroatoms. The predicted octanol–water partition coefficient (Wildman–Crippen LogP) is 1.65. The lowest BCUT2D eigenvalue weighted by Crippen LogP contribution is -2.25. The van der Waals surface area contributed by atoms with Crippen molar-refractivity contribution in [3.63, 3.8) is 0 Å². The fourth-order valence-corrected chi connectivity index (χ4v) is 2.68. The van der Waals surface area contributed by atoms with Crippen molar-refractivity contribution in [1.29, 1.82) is 0 Å². The van der Waals surface area contributed by atoms with E-state index in [0.29, 0.717) is 24.6 Å². The molecule has 0 bridgehead atoms. The van der Waals surface area contributed by atoms with Crippen LogP contribution in [0.4, 0.5) is 6.01 Å². The van der Waals surface area contributed by atoms with Crippen molar-refractivity contribution in [2.75, 3.05) is 17.2 Å². The highest BCUT2D eigenvalue weighted by Gasteiger charge is 2.33. The first-order valence-corrected chi connectivity index (χ1v) is 7.34. The van der Waals surface area contributed by atoms with E-state index in [0.717, 1.165) is 12.8 Å². The van der Waals surface area contributed by atoms with E-state index in [9.17, 15) is 9.59 Å². The molecule has 6 nitrogen and oxygen atoms in total. The molecule has 1 aliphatic rings. The summed E-state index contributed by atoms with van der Waals surface area (Å²) in [5.74, 6) is 1.38. The average Bonchev–Trinajstić information content (AvgIpc) is 2.94. The van der Waals surface area contributed by atoms with Crippen LogP contribution in [0.5, 0.6) is 0 Å². The number of carbonyl (C=O) groups excluding carboxylic acids is 2. The highest BCUT2D eigenvalue weighted by molar-refractivity contribution is 8.13. The standard InChI is InChI=1S/C12H17N3O3S/c1-3-4-10-13-14-12(18-10)15-6-9(5-11(15)17)7-19-8(2)16/h9H,3-7H2,1-2H3. The summed E-state index contributed by atoms with van der Waals surface area (Å²) >= 11 is 1.26. The Morgan fingerprint density at radius 2 is 2.32 bits per heavy atom. The molecule has 104 valence electrons. The number of hydrogen-bond acceptors (Lipinski definition) is 6. The molecular formula is C12H17N3O3S. The molecule has 1 aliphatic heterocycles. The molecule has 0 N–H and O–H groups in total. The van der Waals surface area contributed by atoms with Crippen molar-refractivity contribution in [3.8, 4) is 0 Å². The second-order valence-electron chi connectivity index (χ2n) is 4.61. The van der Waals surface area contributed by atoms with Crippen LogP contribution in [0.1, 0.15) is 32.6 Å². The molecule has 1 fully saturated rings. The molecular weight excluding hydrogens is 266 g/mol. The summed E-state index contributed by atoms with van der Waals surface area (Å²) in [6.45, 7) is 4.11. The van der Waals surface area contributed by atoms with Crippen molar-refractivity contribution < 1.29 is 14.0 Å². The number of nitrogens with zero attached hydrogens (tertiary/aromatic N) is 3.